The molecule has 2 heterocycles. The van der Waals surface area contributed by atoms with Crippen molar-refractivity contribution in [1.82, 2.24) is 13.5 Å². The summed E-state index contributed by atoms with van der Waals surface area (Å²) in [5.74, 6) is 0.628. The van der Waals surface area contributed by atoms with Crippen molar-refractivity contribution < 1.29 is 0 Å². The van der Waals surface area contributed by atoms with Crippen LogP contribution in [0.25, 0.3) is 15.5 Å². The molecule has 5 heteroatoms. The maximum absolute atomic E-state index is 12.1. The standard InChI is InChI=1S/C11H7N3OSe/c15-11-8-3-1-2-4-9(8)16-14(11)10-7-12-5-6-13-10/h1-7H. The van der Waals surface area contributed by atoms with E-state index in [1.54, 1.807) is 22.2 Å². The van der Waals surface area contributed by atoms with E-state index in [1.807, 2.05) is 24.3 Å². The van der Waals surface area contributed by atoms with Crippen LogP contribution in [0.3, 0.4) is 0 Å². The minimum absolute atomic E-state index is 0.0241. The fourth-order valence-electron chi connectivity index (χ4n) is 1.52. The van der Waals surface area contributed by atoms with Crippen molar-refractivity contribution in [2.75, 3.05) is 0 Å². The molecule has 0 unspecified atom stereocenters. The van der Waals surface area contributed by atoms with E-state index in [0.29, 0.717) is 5.82 Å². The number of benzene rings is 1. The number of rotatable bonds is 1. The number of hydrogen-bond donors (Lipinski definition) is 0. The summed E-state index contributed by atoms with van der Waals surface area (Å²) in [4.78, 5) is 20.2. The molecule has 0 spiro atoms. The summed E-state index contributed by atoms with van der Waals surface area (Å²) in [7, 11) is 0. The molecule has 78 valence electrons. The first-order valence-electron chi connectivity index (χ1n) is 4.74. The van der Waals surface area contributed by atoms with Gasteiger partial charge in [0.25, 0.3) is 0 Å². The molecule has 0 bridgehead atoms. The van der Waals surface area contributed by atoms with Gasteiger partial charge >= 0.3 is 96.9 Å². The van der Waals surface area contributed by atoms with Crippen LogP contribution in [0.1, 0.15) is 0 Å². The van der Waals surface area contributed by atoms with Crippen LogP contribution in [0, 0.1) is 0 Å². The summed E-state index contributed by atoms with van der Waals surface area (Å²) in [6, 6.07) is 7.68. The van der Waals surface area contributed by atoms with E-state index in [-0.39, 0.29) is 20.3 Å². The summed E-state index contributed by atoms with van der Waals surface area (Å²) in [6.45, 7) is 0. The quantitative estimate of drug-likeness (QED) is 0.619. The van der Waals surface area contributed by atoms with Gasteiger partial charge in [-0.1, -0.05) is 0 Å². The Hall–Kier alpha value is -1.71. The third-order valence-corrected chi connectivity index (χ3v) is 4.53. The van der Waals surface area contributed by atoms with E-state index in [2.05, 4.69) is 9.97 Å². The second-order valence-corrected chi connectivity index (χ2v) is 5.32. The van der Waals surface area contributed by atoms with Crippen molar-refractivity contribution in [1.29, 1.82) is 0 Å². The number of fused-ring (bicyclic) bond motifs is 1. The van der Waals surface area contributed by atoms with Gasteiger partial charge in [0.2, 0.25) is 0 Å². The van der Waals surface area contributed by atoms with Gasteiger partial charge in [-0.2, -0.15) is 0 Å². The first kappa shape index (κ1) is 9.51. The van der Waals surface area contributed by atoms with Gasteiger partial charge in [0.1, 0.15) is 0 Å². The van der Waals surface area contributed by atoms with E-state index in [9.17, 15) is 4.79 Å². The van der Waals surface area contributed by atoms with E-state index in [1.165, 1.54) is 0 Å². The summed E-state index contributed by atoms with van der Waals surface area (Å²) < 4.78 is 2.80. The Morgan fingerprint density at radius 2 is 2.06 bits per heavy atom. The van der Waals surface area contributed by atoms with Crippen molar-refractivity contribution in [2.45, 2.75) is 0 Å². The van der Waals surface area contributed by atoms with E-state index >= 15 is 0 Å². The fourth-order valence-corrected chi connectivity index (χ4v) is 3.53. The van der Waals surface area contributed by atoms with Crippen LogP contribution in [0.15, 0.2) is 47.7 Å². The normalized spacial score (nSPS) is 10.8. The zero-order valence-electron chi connectivity index (χ0n) is 8.20. The second kappa shape index (κ2) is 3.70. The van der Waals surface area contributed by atoms with Gasteiger partial charge in [-0.15, -0.1) is 0 Å². The third kappa shape index (κ3) is 1.41. The van der Waals surface area contributed by atoms with Gasteiger partial charge in [0.05, 0.1) is 0 Å². The van der Waals surface area contributed by atoms with Crippen LogP contribution in [0.4, 0.5) is 0 Å². The van der Waals surface area contributed by atoms with Crippen molar-refractivity contribution in [3.8, 4) is 5.82 Å². The molecule has 2 aromatic heterocycles. The van der Waals surface area contributed by atoms with E-state index < -0.39 is 0 Å². The van der Waals surface area contributed by atoms with Crippen molar-refractivity contribution in [3.05, 3.63) is 53.2 Å². The summed E-state index contributed by atoms with van der Waals surface area (Å²) in [6.07, 6.45) is 4.82. The summed E-state index contributed by atoms with van der Waals surface area (Å²) >= 11 is -0.0241. The molecule has 0 N–H and O–H groups in total. The zero-order chi connectivity index (χ0) is 11.0. The van der Waals surface area contributed by atoms with Crippen LogP contribution >= 0.6 is 0 Å². The van der Waals surface area contributed by atoms with E-state index in [4.69, 9.17) is 0 Å². The molecule has 0 saturated carbocycles. The molecule has 0 radical (unpaired) electrons. The van der Waals surface area contributed by atoms with Crippen LogP contribution in [0.2, 0.25) is 0 Å². The Morgan fingerprint density at radius 3 is 2.81 bits per heavy atom. The SMILES string of the molecule is O=c1c2ccccc2[se]n1-c1cnccn1. The molecule has 0 saturated heterocycles. The molecule has 0 aliphatic rings. The number of aromatic nitrogens is 3. The Kier molecular flexibility index (Phi) is 2.20. The zero-order valence-corrected chi connectivity index (χ0v) is 9.91. The van der Waals surface area contributed by atoms with Gasteiger partial charge < -0.3 is 0 Å². The molecule has 0 aliphatic carbocycles. The van der Waals surface area contributed by atoms with Crippen LogP contribution in [-0.2, 0) is 0 Å². The molecule has 16 heavy (non-hydrogen) atoms. The molecule has 0 aliphatic heterocycles. The maximum atomic E-state index is 12.1. The van der Waals surface area contributed by atoms with Crippen molar-refractivity contribution in [2.24, 2.45) is 0 Å². The van der Waals surface area contributed by atoms with Crippen molar-refractivity contribution >= 4 is 24.4 Å². The van der Waals surface area contributed by atoms with E-state index in [0.717, 1.165) is 9.65 Å². The molecule has 3 rings (SSSR count). The predicted molar refractivity (Wildman–Crippen MR) is 62.1 cm³/mol. The molecule has 4 nitrogen and oxygen atoms in total. The monoisotopic (exact) mass is 277 g/mol. The van der Waals surface area contributed by atoms with Gasteiger partial charge in [0, 0.05) is 0 Å². The Bertz CT molecular complexity index is 687. The van der Waals surface area contributed by atoms with Gasteiger partial charge in [-0.3, -0.25) is 0 Å². The second-order valence-electron chi connectivity index (χ2n) is 3.25. The summed E-state index contributed by atoms with van der Waals surface area (Å²) in [5, 5.41) is 0.785. The van der Waals surface area contributed by atoms with Crippen LogP contribution in [-0.4, -0.2) is 28.3 Å². The topological polar surface area (TPSA) is 47.8 Å². The molecule has 0 atom stereocenters. The average Bonchev–Trinajstić information content (AvgIpc) is 2.69. The molecular formula is C11H7N3OSe. The Morgan fingerprint density at radius 1 is 1.19 bits per heavy atom. The first-order valence-corrected chi connectivity index (χ1v) is 6.36. The van der Waals surface area contributed by atoms with Gasteiger partial charge in [-0.25, -0.2) is 0 Å². The Labute approximate surface area is 97.2 Å². The summed E-state index contributed by atoms with van der Waals surface area (Å²) in [5.41, 5.74) is 0.0242. The van der Waals surface area contributed by atoms with Crippen LogP contribution < -0.4 is 5.56 Å². The molecule has 3 aromatic rings. The first-order chi connectivity index (χ1) is 7.86. The average molecular weight is 276 g/mol. The minimum atomic E-state index is -0.0241. The Balaban J connectivity index is 2.34. The molecule has 1 aromatic carbocycles. The molecule has 0 fully saturated rings. The van der Waals surface area contributed by atoms with Gasteiger partial charge in [-0.05, 0) is 0 Å². The van der Waals surface area contributed by atoms with Crippen molar-refractivity contribution in [3.63, 3.8) is 0 Å². The fraction of sp³-hybridized carbons (Fsp3) is 0. The van der Waals surface area contributed by atoms with Gasteiger partial charge in [0.15, 0.2) is 0 Å². The predicted octanol–water partition coefficient (Wildman–Crippen LogP) is 0.838. The number of hydrogen-bond acceptors (Lipinski definition) is 3. The molecular weight excluding hydrogens is 269 g/mol. The molecule has 0 amide bonds. The van der Waals surface area contributed by atoms with Crippen LogP contribution in [0.5, 0.6) is 0 Å². The number of nitrogens with zero attached hydrogens (tertiary/aromatic N) is 3. The third-order valence-electron chi connectivity index (χ3n) is 2.25.